The first-order valence-electron chi connectivity index (χ1n) is 3.48. The summed E-state index contributed by atoms with van der Waals surface area (Å²) in [5.41, 5.74) is -0.531. The molecule has 7 heteroatoms. The Labute approximate surface area is 78.3 Å². The molecule has 0 radical (unpaired) electrons. The van der Waals surface area contributed by atoms with Crippen LogP contribution in [0.2, 0.25) is 0 Å². The van der Waals surface area contributed by atoms with Crippen LogP contribution >= 0.6 is 11.6 Å². The number of rotatable bonds is 3. The standard InChI is InChI=1S/C6H6ClN3O3/c1-2-9-5(6(7)11)4(3-8-9)10(12)13/h3H,2H2,1H3. The first-order chi connectivity index (χ1) is 6.07. The van der Waals surface area contributed by atoms with Crippen LogP contribution in [-0.2, 0) is 6.54 Å². The predicted octanol–water partition coefficient (Wildman–Crippen LogP) is 1.19. The molecule has 1 rings (SSSR count). The number of carbonyl (C=O) groups is 1. The van der Waals surface area contributed by atoms with Crippen molar-refractivity contribution in [1.82, 2.24) is 9.78 Å². The van der Waals surface area contributed by atoms with E-state index in [1.807, 2.05) is 0 Å². The fraction of sp³-hybridized carbons (Fsp3) is 0.333. The van der Waals surface area contributed by atoms with Crippen molar-refractivity contribution in [3.05, 3.63) is 22.0 Å². The summed E-state index contributed by atoms with van der Waals surface area (Å²) in [7, 11) is 0. The van der Waals surface area contributed by atoms with Crippen LogP contribution in [0.15, 0.2) is 6.20 Å². The average Bonchev–Trinajstić information content (AvgIpc) is 2.46. The molecular formula is C6H6ClN3O3. The molecule has 13 heavy (non-hydrogen) atoms. The largest absolute Gasteiger partial charge is 0.319 e. The van der Waals surface area contributed by atoms with E-state index < -0.39 is 10.2 Å². The predicted molar refractivity (Wildman–Crippen MR) is 44.7 cm³/mol. The number of nitro groups is 1. The maximum Gasteiger partial charge on any atom is 0.319 e. The van der Waals surface area contributed by atoms with Gasteiger partial charge in [0.25, 0.3) is 5.24 Å². The van der Waals surface area contributed by atoms with Crippen molar-refractivity contribution in [3.8, 4) is 0 Å². The van der Waals surface area contributed by atoms with Gasteiger partial charge in [0.05, 0.1) is 4.92 Å². The summed E-state index contributed by atoms with van der Waals surface area (Å²) in [5, 5.41) is 13.2. The summed E-state index contributed by atoms with van der Waals surface area (Å²) in [5.74, 6) is 0. The highest BCUT2D eigenvalue weighted by atomic mass is 35.5. The summed E-state index contributed by atoms with van der Waals surface area (Å²) in [6.07, 6.45) is 1.01. The van der Waals surface area contributed by atoms with Crippen LogP contribution in [0.25, 0.3) is 0 Å². The zero-order valence-electron chi connectivity index (χ0n) is 6.73. The number of hydrogen-bond donors (Lipinski definition) is 0. The lowest BCUT2D eigenvalue weighted by Crippen LogP contribution is -2.06. The maximum absolute atomic E-state index is 10.8. The first-order valence-corrected chi connectivity index (χ1v) is 3.85. The minimum Gasteiger partial charge on any atom is -0.274 e. The molecule has 0 saturated heterocycles. The molecule has 0 aliphatic rings. The van der Waals surface area contributed by atoms with Crippen molar-refractivity contribution in [1.29, 1.82) is 0 Å². The normalized spacial score (nSPS) is 10.0. The molecule has 6 nitrogen and oxygen atoms in total. The zero-order chi connectivity index (χ0) is 10.0. The Morgan fingerprint density at radius 1 is 1.85 bits per heavy atom. The van der Waals surface area contributed by atoms with Gasteiger partial charge in [0.2, 0.25) is 0 Å². The number of aryl methyl sites for hydroxylation is 1. The highest BCUT2D eigenvalue weighted by Crippen LogP contribution is 2.19. The van der Waals surface area contributed by atoms with Gasteiger partial charge in [-0.3, -0.25) is 19.6 Å². The van der Waals surface area contributed by atoms with E-state index in [-0.39, 0.29) is 11.4 Å². The topological polar surface area (TPSA) is 78.0 Å². The maximum atomic E-state index is 10.8. The van der Waals surface area contributed by atoms with Crippen LogP contribution in [0.5, 0.6) is 0 Å². The Morgan fingerprint density at radius 2 is 2.46 bits per heavy atom. The second-order valence-corrected chi connectivity index (χ2v) is 2.57. The number of halogens is 1. The minimum absolute atomic E-state index is 0.172. The Hall–Kier alpha value is -1.43. The van der Waals surface area contributed by atoms with Crippen LogP contribution in [-0.4, -0.2) is 19.9 Å². The van der Waals surface area contributed by atoms with E-state index >= 15 is 0 Å². The third-order valence-electron chi connectivity index (χ3n) is 1.50. The second-order valence-electron chi connectivity index (χ2n) is 2.22. The van der Waals surface area contributed by atoms with E-state index in [0.29, 0.717) is 6.54 Å². The van der Waals surface area contributed by atoms with Gasteiger partial charge in [0.1, 0.15) is 6.20 Å². The SMILES string of the molecule is CCn1ncc([N+](=O)[O-])c1C(=O)Cl. The summed E-state index contributed by atoms with van der Waals surface area (Å²) < 4.78 is 1.19. The average molecular weight is 204 g/mol. The Balaban J connectivity index is 3.30. The number of carbonyl (C=O) groups excluding carboxylic acids is 1. The van der Waals surface area contributed by atoms with Crippen LogP contribution in [0.1, 0.15) is 17.4 Å². The third kappa shape index (κ3) is 1.67. The first kappa shape index (κ1) is 9.66. The van der Waals surface area contributed by atoms with Crippen molar-refractivity contribution in [3.63, 3.8) is 0 Å². The molecule has 0 aliphatic carbocycles. The highest BCUT2D eigenvalue weighted by molar-refractivity contribution is 6.67. The summed E-state index contributed by atoms with van der Waals surface area (Å²) in [6.45, 7) is 2.07. The molecular weight excluding hydrogens is 198 g/mol. The van der Waals surface area contributed by atoms with Gasteiger partial charge in [-0.15, -0.1) is 0 Å². The Morgan fingerprint density at radius 3 is 2.85 bits per heavy atom. The van der Waals surface area contributed by atoms with E-state index in [1.165, 1.54) is 4.68 Å². The zero-order valence-corrected chi connectivity index (χ0v) is 7.48. The van der Waals surface area contributed by atoms with Crippen LogP contribution < -0.4 is 0 Å². The van der Waals surface area contributed by atoms with Crippen LogP contribution in [0.3, 0.4) is 0 Å². The van der Waals surface area contributed by atoms with Crippen LogP contribution in [0, 0.1) is 10.1 Å². The van der Waals surface area contributed by atoms with Crippen LogP contribution in [0.4, 0.5) is 5.69 Å². The lowest BCUT2D eigenvalue weighted by Gasteiger charge is -1.97. The molecule has 0 saturated carbocycles. The fourth-order valence-electron chi connectivity index (χ4n) is 0.951. The molecule has 0 spiro atoms. The van der Waals surface area contributed by atoms with Gasteiger partial charge in [-0.1, -0.05) is 0 Å². The highest BCUT2D eigenvalue weighted by Gasteiger charge is 2.24. The summed E-state index contributed by atoms with van der Waals surface area (Å²) in [6, 6.07) is 0. The Bertz CT molecular complexity index is 360. The van der Waals surface area contributed by atoms with E-state index in [9.17, 15) is 14.9 Å². The van der Waals surface area contributed by atoms with Crippen molar-refractivity contribution in [2.24, 2.45) is 0 Å². The molecule has 0 aliphatic heterocycles. The molecule has 0 amide bonds. The van der Waals surface area contributed by atoms with Gasteiger partial charge in [-0.2, -0.15) is 5.10 Å². The van der Waals surface area contributed by atoms with Crippen molar-refractivity contribution < 1.29 is 9.72 Å². The molecule has 1 heterocycles. The Kier molecular flexibility index (Phi) is 2.62. The quantitative estimate of drug-likeness (QED) is 0.420. The minimum atomic E-state index is -0.869. The van der Waals surface area contributed by atoms with Crippen molar-refractivity contribution >= 4 is 22.5 Å². The van der Waals surface area contributed by atoms with Gasteiger partial charge < -0.3 is 0 Å². The van der Waals surface area contributed by atoms with E-state index in [2.05, 4.69) is 5.10 Å². The van der Waals surface area contributed by atoms with E-state index in [0.717, 1.165) is 6.20 Å². The molecule has 0 bridgehead atoms. The van der Waals surface area contributed by atoms with Crippen molar-refractivity contribution in [2.45, 2.75) is 13.5 Å². The number of hydrogen-bond acceptors (Lipinski definition) is 4. The number of nitrogens with zero attached hydrogens (tertiary/aromatic N) is 3. The molecule has 1 aromatic heterocycles. The molecule has 0 atom stereocenters. The molecule has 0 unspecified atom stereocenters. The van der Waals surface area contributed by atoms with E-state index in [1.54, 1.807) is 6.92 Å². The van der Waals surface area contributed by atoms with Gasteiger partial charge in [-0.25, -0.2) is 0 Å². The molecule has 1 aromatic rings. The lowest BCUT2D eigenvalue weighted by atomic mass is 10.4. The van der Waals surface area contributed by atoms with Gasteiger partial charge in [-0.05, 0) is 18.5 Å². The number of aromatic nitrogens is 2. The van der Waals surface area contributed by atoms with Gasteiger partial charge in [0.15, 0.2) is 5.69 Å². The lowest BCUT2D eigenvalue weighted by molar-refractivity contribution is -0.385. The van der Waals surface area contributed by atoms with Crippen molar-refractivity contribution in [2.75, 3.05) is 0 Å². The molecule has 0 fully saturated rings. The smallest absolute Gasteiger partial charge is 0.274 e. The van der Waals surface area contributed by atoms with Gasteiger partial charge in [0, 0.05) is 6.54 Å². The second kappa shape index (κ2) is 3.53. The molecule has 0 N–H and O–H groups in total. The third-order valence-corrected chi connectivity index (χ3v) is 1.68. The monoisotopic (exact) mass is 203 g/mol. The fourth-order valence-corrected chi connectivity index (χ4v) is 1.15. The molecule has 0 aromatic carbocycles. The van der Waals surface area contributed by atoms with E-state index in [4.69, 9.17) is 11.6 Å². The van der Waals surface area contributed by atoms with Gasteiger partial charge >= 0.3 is 5.69 Å². The summed E-state index contributed by atoms with van der Waals surface area (Å²) >= 11 is 5.17. The summed E-state index contributed by atoms with van der Waals surface area (Å²) in [4.78, 5) is 20.5. The molecule has 70 valence electrons.